The van der Waals surface area contributed by atoms with Gasteiger partial charge in [-0.25, -0.2) is 4.79 Å². The first-order chi connectivity index (χ1) is 9.08. The third-order valence-corrected chi connectivity index (χ3v) is 2.28. The molecule has 1 aromatic rings. The number of amides is 1. The third-order valence-electron chi connectivity index (χ3n) is 2.28. The fourth-order valence-electron chi connectivity index (χ4n) is 1.27. The molecule has 0 aliphatic carbocycles. The predicted molar refractivity (Wildman–Crippen MR) is 69.0 cm³/mol. The standard InChI is InChI=1S/C14H14N2O3/c1-3-19-14(18)12(8-15)9-16-13(17)11-6-4-10(2)5-7-11/h4-7,9H,3H2,1-2H3,(H,16,17). The van der Waals surface area contributed by atoms with Gasteiger partial charge in [-0.2, -0.15) is 5.26 Å². The predicted octanol–water partition coefficient (Wildman–Crippen LogP) is 1.70. The van der Waals surface area contributed by atoms with E-state index < -0.39 is 11.9 Å². The number of nitriles is 1. The maximum Gasteiger partial charge on any atom is 0.350 e. The van der Waals surface area contributed by atoms with E-state index in [-0.39, 0.29) is 12.2 Å². The zero-order valence-corrected chi connectivity index (χ0v) is 10.8. The van der Waals surface area contributed by atoms with Crippen LogP contribution < -0.4 is 5.32 Å². The van der Waals surface area contributed by atoms with Crippen molar-refractivity contribution in [3.8, 4) is 6.07 Å². The van der Waals surface area contributed by atoms with Gasteiger partial charge in [-0.3, -0.25) is 4.79 Å². The van der Waals surface area contributed by atoms with Crippen LogP contribution in [0.4, 0.5) is 0 Å². The zero-order valence-electron chi connectivity index (χ0n) is 10.8. The van der Waals surface area contributed by atoms with Gasteiger partial charge < -0.3 is 10.1 Å². The van der Waals surface area contributed by atoms with E-state index in [0.29, 0.717) is 5.56 Å². The van der Waals surface area contributed by atoms with Gasteiger partial charge in [-0.1, -0.05) is 17.7 Å². The number of hydrogen-bond donors (Lipinski definition) is 1. The summed E-state index contributed by atoms with van der Waals surface area (Å²) in [5.74, 6) is -1.15. The minimum Gasteiger partial charge on any atom is -0.462 e. The van der Waals surface area contributed by atoms with Gasteiger partial charge >= 0.3 is 5.97 Å². The van der Waals surface area contributed by atoms with Gasteiger partial charge in [-0.15, -0.1) is 0 Å². The average Bonchev–Trinajstić information content (AvgIpc) is 2.40. The molecule has 1 rings (SSSR count). The number of nitrogens with one attached hydrogen (secondary N) is 1. The molecule has 19 heavy (non-hydrogen) atoms. The van der Waals surface area contributed by atoms with Crippen molar-refractivity contribution >= 4 is 11.9 Å². The van der Waals surface area contributed by atoms with Gasteiger partial charge in [0, 0.05) is 11.8 Å². The second-order valence-electron chi connectivity index (χ2n) is 3.73. The Morgan fingerprint density at radius 3 is 2.53 bits per heavy atom. The molecule has 0 radical (unpaired) electrons. The summed E-state index contributed by atoms with van der Waals surface area (Å²) >= 11 is 0. The van der Waals surface area contributed by atoms with Crippen LogP contribution in [0.2, 0.25) is 0 Å². The number of carbonyl (C=O) groups excluding carboxylic acids is 2. The van der Waals surface area contributed by atoms with Crippen molar-refractivity contribution in [3.63, 3.8) is 0 Å². The highest BCUT2D eigenvalue weighted by molar-refractivity contribution is 5.97. The number of nitrogens with zero attached hydrogens (tertiary/aromatic N) is 1. The van der Waals surface area contributed by atoms with Crippen LogP contribution in [0, 0.1) is 18.3 Å². The van der Waals surface area contributed by atoms with Crippen LogP contribution in [-0.4, -0.2) is 18.5 Å². The lowest BCUT2D eigenvalue weighted by atomic mass is 10.1. The molecule has 5 heteroatoms. The van der Waals surface area contributed by atoms with E-state index in [2.05, 4.69) is 10.1 Å². The van der Waals surface area contributed by atoms with E-state index in [1.54, 1.807) is 37.3 Å². The number of ether oxygens (including phenoxy) is 1. The number of aryl methyl sites for hydroxylation is 1. The van der Waals surface area contributed by atoms with Gasteiger partial charge in [0.25, 0.3) is 5.91 Å². The average molecular weight is 258 g/mol. The molecule has 0 saturated heterocycles. The Hall–Kier alpha value is -2.61. The quantitative estimate of drug-likeness (QED) is 0.506. The lowest BCUT2D eigenvalue weighted by Gasteiger charge is -2.02. The minimum atomic E-state index is -0.755. The highest BCUT2D eigenvalue weighted by Crippen LogP contribution is 2.03. The number of rotatable bonds is 4. The van der Waals surface area contributed by atoms with Crippen molar-refractivity contribution in [2.24, 2.45) is 0 Å². The first kappa shape index (κ1) is 14.5. The molecule has 1 amide bonds. The molecule has 98 valence electrons. The van der Waals surface area contributed by atoms with E-state index in [4.69, 9.17) is 5.26 Å². The largest absolute Gasteiger partial charge is 0.462 e. The normalized spacial score (nSPS) is 10.5. The molecule has 0 aliphatic heterocycles. The Bertz CT molecular complexity index is 539. The van der Waals surface area contributed by atoms with Crippen LogP contribution in [0.5, 0.6) is 0 Å². The number of hydrogen-bond acceptors (Lipinski definition) is 4. The highest BCUT2D eigenvalue weighted by atomic mass is 16.5. The van der Waals surface area contributed by atoms with Crippen molar-refractivity contribution in [1.29, 1.82) is 5.26 Å². The molecule has 0 unspecified atom stereocenters. The van der Waals surface area contributed by atoms with Gasteiger partial charge in [0.05, 0.1) is 6.61 Å². The SMILES string of the molecule is CCOC(=O)C(C#N)=CNC(=O)c1ccc(C)cc1. The van der Waals surface area contributed by atoms with E-state index in [0.717, 1.165) is 11.8 Å². The number of benzene rings is 1. The van der Waals surface area contributed by atoms with E-state index in [1.165, 1.54) is 0 Å². The summed E-state index contributed by atoms with van der Waals surface area (Å²) in [7, 11) is 0. The number of esters is 1. The molecular formula is C14H14N2O3. The molecular weight excluding hydrogens is 244 g/mol. The van der Waals surface area contributed by atoms with Gasteiger partial charge in [0.2, 0.25) is 0 Å². The minimum absolute atomic E-state index is 0.170. The first-order valence-corrected chi connectivity index (χ1v) is 5.73. The highest BCUT2D eigenvalue weighted by Gasteiger charge is 2.10. The summed E-state index contributed by atoms with van der Waals surface area (Å²) in [6.45, 7) is 3.72. The van der Waals surface area contributed by atoms with Crippen molar-refractivity contribution in [1.82, 2.24) is 5.32 Å². The smallest absolute Gasteiger partial charge is 0.350 e. The van der Waals surface area contributed by atoms with Crippen LogP contribution in [0.25, 0.3) is 0 Å². The Morgan fingerprint density at radius 1 is 1.37 bits per heavy atom. The summed E-state index contributed by atoms with van der Waals surface area (Å²) < 4.78 is 4.67. The molecule has 0 saturated carbocycles. The summed E-state index contributed by atoms with van der Waals surface area (Å²) in [5, 5.41) is 11.2. The number of carbonyl (C=O) groups is 2. The lowest BCUT2D eigenvalue weighted by molar-refractivity contribution is -0.138. The molecule has 1 N–H and O–H groups in total. The third kappa shape index (κ3) is 4.28. The topological polar surface area (TPSA) is 79.2 Å². The summed E-state index contributed by atoms with van der Waals surface area (Å²) in [6, 6.07) is 8.60. The molecule has 0 aliphatic rings. The Balaban J connectivity index is 2.74. The van der Waals surface area contributed by atoms with Crippen molar-refractivity contribution in [2.75, 3.05) is 6.61 Å². The Kier molecular flexibility index (Phi) is 5.30. The van der Waals surface area contributed by atoms with Crippen molar-refractivity contribution < 1.29 is 14.3 Å². The first-order valence-electron chi connectivity index (χ1n) is 5.73. The van der Waals surface area contributed by atoms with Gasteiger partial charge in [0.1, 0.15) is 6.07 Å². The molecule has 0 spiro atoms. The molecule has 0 atom stereocenters. The second kappa shape index (κ2) is 6.97. The fourth-order valence-corrected chi connectivity index (χ4v) is 1.27. The zero-order chi connectivity index (χ0) is 14.3. The maximum absolute atomic E-state index is 11.7. The summed E-state index contributed by atoms with van der Waals surface area (Å²) in [4.78, 5) is 23.0. The molecule has 0 bridgehead atoms. The molecule has 0 fully saturated rings. The fraction of sp³-hybridized carbons (Fsp3) is 0.214. The van der Waals surface area contributed by atoms with Crippen LogP contribution >= 0.6 is 0 Å². The monoisotopic (exact) mass is 258 g/mol. The van der Waals surface area contributed by atoms with E-state index >= 15 is 0 Å². The van der Waals surface area contributed by atoms with E-state index in [9.17, 15) is 9.59 Å². The molecule has 0 aromatic heterocycles. The van der Waals surface area contributed by atoms with Crippen LogP contribution in [-0.2, 0) is 9.53 Å². The Morgan fingerprint density at radius 2 is 2.00 bits per heavy atom. The maximum atomic E-state index is 11.7. The van der Waals surface area contributed by atoms with Crippen LogP contribution in [0.15, 0.2) is 36.0 Å². The van der Waals surface area contributed by atoms with Crippen molar-refractivity contribution in [3.05, 3.63) is 47.2 Å². The Labute approximate surface area is 111 Å². The van der Waals surface area contributed by atoms with Gasteiger partial charge in [-0.05, 0) is 26.0 Å². The molecule has 1 aromatic carbocycles. The molecule has 5 nitrogen and oxygen atoms in total. The van der Waals surface area contributed by atoms with Crippen molar-refractivity contribution in [2.45, 2.75) is 13.8 Å². The summed E-state index contributed by atoms with van der Waals surface area (Å²) in [5.41, 5.74) is 1.24. The van der Waals surface area contributed by atoms with E-state index in [1.807, 2.05) is 6.92 Å². The summed E-state index contributed by atoms with van der Waals surface area (Å²) in [6.07, 6.45) is 1.06. The van der Waals surface area contributed by atoms with Crippen LogP contribution in [0.1, 0.15) is 22.8 Å². The second-order valence-corrected chi connectivity index (χ2v) is 3.73. The van der Waals surface area contributed by atoms with Gasteiger partial charge in [0.15, 0.2) is 5.57 Å². The lowest BCUT2D eigenvalue weighted by Crippen LogP contribution is -2.19. The molecule has 0 heterocycles. The van der Waals surface area contributed by atoms with Crippen LogP contribution in [0.3, 0.4) is 0 Å².